The van der Waals surface area contributed by atoms with Crippen LogP contribution < -0.4 is 0 Å². The molecule has 0 saturated heterocycles. The van der Waals surface area contributed by atoms with E-state index in [1.54, 1.807) is 0 Å². The molecule has 0 spiro atoms. The van der Waals surface area contributed by atoms with Crippen LogP contribution in [0.2, 0.25) is 0 Å². The highest BCUT2D eigenvalue weighted by molar-refractivity contribution is 8.61. The Morgan fingerprint density at radius 2 is 1.62 bits per heavy atom. The van der Waals surface area contributed by atoms with Crippen LogP contribution in [0.1, 0.15) is 20.8 Å². The summed E-state index contributed by atoms with van der Waals surface area (Å²) in [5.74, 6) is 0. The minimum atomic E-state index is -2.32. The van der Waals surface area contributed by atoms with Gasteiger partial charge in [0.2, 0.25) is 0 Å². The monoisotopic (exact) mass is 170 g/mol. The minimum Gasteiger partial charge on any atom is -0.357 e. The molecule has 0 aromatic heterocycles. The van der Waals surface area contributed by atoms with E-state index in [1.807, 2.05) is 20.8 Å². The van der Waals surface area contributed by atoms with Crippen LogP contribution in [-0.4, -0.2) is 10.0 Å². The van der Waals surface area contributed by atoms with E-state index < -0.39 is 5.47 Å². The predicted octanol–water partition coefficient (Wildman–Crippen LogP) is 2.02. The van der Waals surface area contributed by atoms with Crippen molar-refractivity contribution in [3.63, 3.8) is 0 Å². The second kappa shape index (κ2) is 2.30. The number of thiol groups is 1. The topological polar surface area (TPSA) is 20.2 Å². The second-order valence-corrected chi connectivity index (χ2v) is 9.28. The molecule has 0 rings (SSSR count). The lowest BCUT2D eigenvalue weighted by molar-refractivity contribution is 0.594. The zero-order valence-corrected chi connectivity index (χ0v) is 7.86. The Kier molecular flexibility index (Phi) is 2.57. The van der Waals surface area contributed by atoms with Crippen LogP contribution in [0, 0.1) is 0 Å². The lowest BCUT2D eigenvalue weighted by Gasteiger charge is -2.24. The van der Waals surface area contributed by atoms with Crippen LogP contribution in [0.5, 0.6) is 0 Å². The first-order valence-electron chi connectivity index (χ1n) is 2.31. The van der Waals surface area contributed by atoms with Crippen LogP contribution in [0.4, 0.5) is 0 Å². The first-order valence-corrected chi connectivity index (χ1v) is 6.21. The average molecular weight is 170 g/mol. The molecule has 0 aromatic rings. The fourth-order valence-corrected chi connectivity index (χ4v) is 0. The average Bonchev–Trinajstić information content (AvgIpc) is 1.25. The summed E-state index contributed by atoms with van der Waals surface area (Å²) in [6.07, 6.45) is 0. The maximum atomic E-state index is 9.14. The van der Waals surface area contributed by atoms with Crippen molar-refractivity contribution in [2.24, 2.45) is 0 Å². The molecule has 1 N–H and O–H groups in total. The Labute approximate surface area is 60.7 Å². The Hall–Kier alpha value is 0.960. The van der Waals surface area contributed by atoms with Gasteiger partial charge in [-0.2, -0.15) is 0 Å². The molecule has 0 bridgehead atoms. The first kappa shape index (κ1) is 8.96. The molecule has 8 heavy (non-hydrogen) atoms. The van der Waals surface area contributed by atoms with Gasteiger partial charge in [0.1, 0.15) is 5.47 Å². The summed E-state index contributed by atoms with van der Waals surface area (Å²) in [5, 5.41) is -0.217. The van der Waals surface area contributed by atoms with E-state index in [2.05, 4.69) is 12.2 Å². The Morgan fingerprint density at radius 3 is 1.62 bits per heavy atom. The minimum absolute atomic E-state index is 0.217. The van der Waals surface area contributed by atoms with E-state index in [9.17, 15) is 0 Å². The van der Waals surface area contributed by atoms with Crippen molar-refractivity contribution in [1.29, 1.82) is 0 Å². The van der Waals surface area contributed by atoms with Gasteiger partial charge in [0.05, 0.1) is 0 Å². The normalized spacial score (nSPS) is 20.1. The number of rotatable bonds is 0. The fourth-order valence-electron chi connectivity index (χ4n) is 0. The maximum absolute atomic E-state index is 9.14. The number of hydrogen-bond acceptors (Lipinski definition) is 1. The summed E-state index contributed by atoms with van der Waals surface area (Å²) in [6.45, 7) is 5.67. The largest absolute Gasteiger partial charge is 0.357 e. The molecule has 0 amide bonds. The Morgan fingerprint density at radius 1 is 1.50 bits per heavy atom. The molecule has 0 saturated carbocycles. The molecule has 0 aliphatic carbocycles. The summed E-state index contributed by atoms with van der Waals surface area (Å²) in [5.41, 5.74) is -2.32. The van der Waals surface area contributed by atoms with Gasteiger partial charge in [-0.25, -0.2) is 0 Å². The van der Waals surface area contributed by atoms with Crippen LogP contribution >= 0.6 is 17.7 Å². The van der Waals surface area contributed by atoms with Gasteiger partial charge in [0.15, 0.2) is 0 Å². The van der Waals surface area contributed by atoms with Gasteiger partial charge in [-0.15, -0.1) is 12.2 Å². The number of hydrogen-bond donors (Lipinski definition) is 2. The van der Waals surface area contributed by atoms with Crippen molar-refractivity contribution < 1.29 is 4.89 Å². The molecule has 4 heteroatoms. The van der Waals surface area contributed by atoms with Gasteiger partial charge in [-0.1, -0.05) is 32.6 Å². The van der Waals surface area contributed by atoms with Crippen LogP contribution in [0.25, 0.3) is 0 Å². The van der Waals surface area contributed by atoms with Gasteiger partial charge in [0.25, 0.3) is 0 Å². The third-order valence-electron chi connectivity index (χ3n) is 0.874. The van der Waals surface area contributed by atoms with Crippen LogP contribution in [-0.2, 0) is 11.8 Å². The zero-order chi connectivity index (χ0) is 7.00. The van der Waals surface area contributed by atoms with Crippen LogP contribution in [0.15, 0.2) is 0 Å². The molecular formula is C4H11OPS2. The maximum Gasteiger partial charge on any atom is 0.119 e. The highest BCUT2D eigenvalue weighted by Crippen LogP contribution is 2.58. The molecule has 0 aromatic carbocycles. The van der Waals surface area contributed by atoms with Gasteiger partial charge >= 0.3 is 0 Å². The Bertz CT molecular complexity index is 120. The molecule has 0 fully saturated rings. The van der Waals surface area contributed by atoms with E-state index >= 15 is 0 Å². The van der Waals surface area contributed by atoms with E-state index in [0.717, 1.165) is 0 Å². The molecule has 1 atom stereocenters. The van der Waals surface area contributed by atoms with Gasteiger partial charge in [-0.3, -0.25) is 0 Å². The third kappa shape index (κ3) is 2.49. The predicted molar refractivity (Wildman–Crippen MR) is 45.2 cm³/mol. The lowest BCUT2D eigenvalue weighted by atomic mass is 10.3. The van der Waals surface area contributed by atoms with Crippen molar-refractivity contribution in [1.82, 2.24) is 0 Å². The van der Waals surface area contributed by atoms with Gasteiger partial charge in [0, 0.05) is 5.16 Å². The quantitative estimate of drug-likeness (QED) is 0.428. The standard InChI is InChI=1S/C4H11OPS2/c1-4(2,3)6(5,7)8/h1-3H3,(H2,5,7,8). The summed E-state index contributed by atoms with van der Waals surface area (Å²) in [4.78, 5) is 9.14. The summed E-state index contributed by atoms with van der Waals surface area (Å²) in [6, 6.07) is 0. The fraction of sp³-hybridized carbons (Fsp3) is 1.00. The molecule has 0 aliphatic rings. The zero-order valence-electron chi connectivity index (χ0n) is 5.25. The van der Waals surface area contributed by atoms with Crippen molar-refractivity contribution in [3.8, 4) is 0 Å². The summed E-state index contributed by atoms with van der Waals surface area (Å²) in [7, 11) is 0. The molecule has 50 valence electrons. The van der Waals surface area contributed by atoms with E-state index in [0.29, 0.717) is 0 Å². The molecule has 0 aliphatic heterocycles. The van der Waals surface area contributed by atoms with E-state index in [-0.39, 0.29) is 5.16 Å². The molecule has 0 radical (unpaired) electrons. The highest BCUT2D eigenvalue weighted by Gasteiger charge is 2.25. The Balaban J connectivity index is 4.26. The van der Waals surface area contributed by atoms with Crippen molar-refractivity contribution in [3.05, 3.63) is 0 Å². The van der Waals surface area contributed by atoms with Gasteiger partial charge in [-0.05, 0) is 0 Å². The SMILES string of the molecule is CC(C)(C)P(O)(=S)S. The molecule has 1 nitrogen and oxygen atoms in total. The van der Waals surface area contributed by atoms with Crippen molar-refractivity contribution in [2.45, 2.75) is 25.9 Å². The first-order chi connectivity index (χ1) is 3.25. The van der Waals surface area contributed by atoms with E-state index in [4.69, 9.17) is 16.7 Å². The van der Waals surface area contributed by atoms with E-state index in [1.165, 1.54) is 0 Å². The molecule has 1 unspecified atom stereocenters. The lowest BCUT2D eigenvalue weighted by Crippen LogP contribution is -2.10. The smallest absolute Gasteiger partial charge is 0.119 e. The molecular weight excluding hydrogens is 159 g/mol. The second-order valence-electron chi connectivity index (χ2n) is 2.71. The van der Waals surface area contributed by atoms with Crippen LogP contribution in [0.3, 0.4) is 0 Å². The highest BCUT2D eigenvalue weighted by atomic mass is 32.9. The third-order valence-corrected chi connectivity index (χ3v) is 6.06. The summed E-state index contributed by atoms with van der Waals surface area (Å²) < 4.78 is 0. The van der Waals surface area contributed by atoms with Crippen molar-refractivity contribution in [2.75, 3.05) is 0 Å². The van der Waals surface area contributed by atoms with Gasteiger partial charge < -0.3 is 4.89 Å². The molecule has 0 heterocycles. The van der Waals surface area contributed by atoms with Crippen molar-refractivity contribution >= 4 is 29.5 Å². The summed E-state index contributed by atoms with van der Waals surface area (Å²) >= 11 is 8.67.